The maximum atomic E-state index is 12.3. The van der Waals surface area contributed by atoms with Crippen LogP contribution in [0, 0.1) is 10.1 Å². The van der Waals surface area contributed by atoms with Gasteiger partial charge in [-0.05, 0) is 81.6 Å². The fourth-order valence-electron chi connectivity index (χ4n) is 6.66. The van der Waals surface area contributed by atoms with E-state index in [-0.39, 0.29) is 17.3 Å². The summed E-state index contributed by atoms with van der Waals surface area (Å²) in [5.74, 6) is 0.990. The first-order valence-corrected chi connectivity index (χ1v) is 14.1. The lowest BCUT2D eigenvalue weighted by Gasteiger charge is -2.13. The third-order valence-corrected chi connectivity index (χ3v) is 8.46. The first-order chi connectivity index (χ1) is 20.1. The van der Waals surface area contributed by atoms with Crippen molar-refractivity contribution in [2.75, 3.05) is 10.6 Å². The van der Waals surface area contributed by atoms with Gasteiger partial charge in [-0.2, -0.15) is 0 Å². The minimum absolute atomic E-state index is 0.142. The van der Waals surface area contributed by atoms with Gasteiger partial charge in [0.15, 0.2) is 0 Å². The van der Waals surface area contributed by atoms with Crippen molar-refractivity contribution in [2.24, 2.45) is 0 Å². The van der Waals surface area contributed by atoms with Crippen molar-refractivity contribution in [3.05, 3.63) is 124 Å². The Kier molecular flexibility index (Phi) is 6.00. The lowest BCUT2D eigenvalue weighted by Crippen LogP contribution is -2.06. The molecule has 0 aliphatic heterocycles. The Morgan fingerprint density at radius 2 is 1.10 bits per heavy atom. The highest BCUT2D eigenvalue weighted by atomic mass is 16.6. The number of hydrogen-bond acceptors (Lipinski definition) is 6. The minimum Gasteiger partial charge on any atom is -0.334 e. The summed E-state index contributed by atoms with van der Waals surface area (Å²) < 4.78 is 0. The van der Waals surface area contributed by atoms with E-state index in [4.69, 9.17) is 0 Å². The second kappa shape index (κ2) is 9.86. The molecule has 7 rings (SSSR count). The summed E-state index contributed by atoms with van der Waals surface area (Å²) in [5, 5.41) is 18.8. The van der Waals surface area contributed by atoms with E-state index in [9.17, 15) is 10.1 Å². The van der Waals surface area contributed by atoms with E-state index in [2.05, 4.69) is 95.1 Å². The van der Waals surface area contributed by atoms with Gasteiger partial charge in [0, 0.05) is 23.2 Å². The molecule has 2 N–H and O–H groups in total. The van der Waals surface area contributed by atoms with Gasteiger partial charge in [0.25, 0.3) is 0 Å². The topological polar surface area (TPSA) is 93.0 Å². The summed E-state index contributed by atoms with van der Waals surface area (Å²) in [5.41, 5.74) is 11.2. The predicted octanol–water partition coefficient (Wildman–Crippen LogP) is 8.92. The first-order valence-electron chi connectivity index (χ1n) is 14.1. The van der Waals surface area contributed by atoms with Crippen LogP contribution >= 0.6 is 0 Å². The number of nitrogens with zero attached hydrogens (tertiary/aromatic N) is 3. The molecule has 0 saturated heterocycles. The van der Waals surface area contributed by atoms with Gasteiger partial charge >= 0.3 is 5.69 Å². The van der Waals surface area contributed by atoms with Gasteiger partial charge in [0.05, 0.1) is 4.92 Å². The van der Waals surface area contributed by atoms with Gasteiger partial charge in [0.1, 0.15) is 6.33 Å². The van der Waals surface area contributed by atoms with Gasteiger partial charge < -0.3 is 10.6 Å². The maximum Gasteiger partial charge on any atom is 0.353 e. The SMILES string of the molecule is CC[C@@H]1c2ccccc2-c2cc(Nc3ncnc(Nc4ccc5c(c4)-c4ccccc4[C@@H]5CC)c3[N+](=O)[O-])ccc21. The Morgan fingerprint density at radius 1 is 0.659 bits per heavy atom. The van der Waals surface area contributed by atoms with Crippen molar-refractivity contribution in [1.29, 1.82) is 0 Å². The third kappa shape index (κ3) is 4.04. The molecule has 2 aliphatic rings. The van der Waals surface area contributed by atoms with Crippen molar-refractivity contribution in [3.63, 3.8) is 0 Å². The Hall–Kier alpha value is -5.04. The highest BCUT2D eigenvalue weighted by Crippen LogP contribution is 2.49. The Bertz CT molecular complexity index is 1710. The van der Waals surface area contributed by atoms with E-state index in [1.54, 1.807) is 0 Å². The Balaban J connectivity index is 1.23. The molecule has 0 saturated carbocycles. The molecule has 41 heavy (non-hydrogen) atoms. The van der Waals surface area contributed by atoms with Gasteiger partial charge in [0.2, 0.25) is 11.6 Å². The van der Waals surface area contributed by atoms with E-state index in [1.165, 1.54) is 39.7 Å². The fraction of sp³-hybridized carbons (Fsp3) is 0.176. The average molecular weight is 540 g/mol. The van der Waals surface area contributed by atoms with Crippen LogP contribution in [0.15, 0.2) is 91.3 Å². The molecule has 2 atom stereocenters. The summed E-state index contributed by atoms with van der Waals surface area (Å²) in [6.07, 6.45) is 3.37. The number of nitro groups is 1. The van der Waals surface area contributed by atoms with Gasteiger partial charge in [-0.1, -0.05) is 74.5 Å². The molecule has 2 aliphatic carbocycles. The van der Waals surface area contributed by atoms with Crippen LogP contribution in [0.5, 0.6) is 0 Å². The Morgan fingerprint density at radius 3 is 1.54 bits per heavy atom. The molecule has 1 heterocycles. The molecule has 1 aromatic heterocycles. The highest BCUT2D eigenvalue weighted by molar-refractivity contribution is 5.85. The van der Waals surface area contributed by atoms with Gasteiger partial charge in [-0.25, -0.2) is 9.97 Å². The van der Waals surface area contributed by atoms with Crippen LogP contribution in [0.4, 0.5) is 28.7 Å². The van der Waals surface area contributed by atoms with Crippen LogP contribution in [-0.2, 0) is 0 Å². The zero-order chi connectivity index (χ0) is 28.1. The summed E-state index contributed by atoms with van der Waals surface area (Å²) in [7, 11) is 0. The van der Waals surface area contributed by atoms with E-state index in [0.717, 1.165) is 35.3 Å². The monoisotopic (exact) mass is 539 g/mol. The molecule has 202 valence electrons. The number of benzene rings is 4. The first kappa shape index (κ1) is 25.0. The number of anilines is 4. The zero-order valence-corrected chi connectivity index (χ0v) is 22.9. The molecule has 0 unspecified atom stereocenters. The molecule has 4 aromatic carbocycles. The highest BCUT2D eigenvalue weighted by Gasteiger charge is 2.30. The van der Waals surface area contributed by atoms with Crippen molar-refractivity contribution < 1.29 is 4.92 Å². The zero-order valence-electron chi connectivity index (χ0n) is 22.9. The number of aromatic nitrogens is 2. The number of rotatable bonds is 7. The Labute approximate surface area is 238 Å². The van der Waals surface area contributed by atoms with Crippen LogP contribution < -0.4 is 10.6 Å². The molecule has 0 spiro atoms. The molecular formula is C34H29N5O2. The summed E-state index contributed by atoms with van der Waals surface area (Å²) >= 11 is 0. The minimum atomic E-state index is -0.434. The van der Waals surface area contributed by atoms with Crippen LogP contribution in [0.25, 0.3) is 22.3 Å². The van der Waals surface area contributed by atoms with Crippen LogP contribution in [0.2, 0.25) is 0 Å². The largest absolute Gasteiger partial charge is 0.353 e. The van der Waals surface area contributed by atoms with Gasteiger partial charge in [-0.3, -0.25) is 10.1 Å². The van der Waals surface area contributed by atoms with Crippen LogP contribution in [0.1, 0.15) is 60.8 Å². The average Bonchev–Trinajstić information content (AvgIpc) is 3.48. The normalized spacial score (nSPS) is 16.0. The molecule has 7 heteroatoms. The van der Waals surface area contributed by atoms with E-state index in [0.29, 0.717) is 11.8 Å². The van der Waals surface area contributed by atoms with Gasteiger partial charge in [-0.15, -0.1) is 0 Å². The lowest BCUT2D eigenvalue weighted by molar-refractivity contribution is -0.383. The van der Waals surface area contributed by atoms with Crippen LogP contribution in [0.3, 0.4) is 0 Å². The molecule has 0 bridgehead atoms. The number of fused-ring (bicyclic) bond motifs is 6. The molecule has 5 aromatic rings. The fourth-order valence-corrected chi connectivity index (χ4v) is 6.66. The van der Waals surface area contributed by atoms with Crippen LogP contribution in [-0.4, -0.2) is 14.9 Å². The summed E-state index contributed by atoms with van der Waals surface area (Å²) in [6.45, 7) is 4.40. The quantitative estimate of drug-likeness (QED) is 0.158. The smallest absolute Gasteiger partial charge is 0.334 e. The molecule has 0 amide bonds. The maximum absolute atomic E-state index is 12.3. The third-order valence-electron chi connectivity index (χ3n) is 8.46. The second-order valence-corrected chi connectivity index (χ2v) is 10.6. The molecular weight excluding hydrogens is 510 g/mol. The summed E-state index contributed by atoms with van der Waals surface area (Å²) in [6, 6.07) is 29.2. The number of hydrogen-bond donors (Lipinski definition) is 2. The van der Waals surface area contributed by atoms with E-state index >= 15 is 0 Å². The van der Waals surface area contributed by atoms with Crippen molar-refractivity contribution in [1.82, 2.24) is 9.97 Å². The molecule has 0 fully saturated rings. The molecule has 7 nitrogen and oxygen atoms in total. The van der Waals surface area contributed by atoms with Crippen molar-refractivity contribution >= 4 is 28.7 Å². The van der Waals surface area contributed by atoms with Crippen molar-refractivity contribution in [2.45, 2.75) is 38.5 Å². The second-order valence-electron chi connectivity index (χ2n) is 10.6. The standard InChI is InChI=1S/C34H29N5O2/c1-3-22-24-9-5-7-11-26(24)30-17-20(13-15-28(22)30)37-33-32(39(40)41)34(36-19-35-33)38-21-14-16-29-23(4-2)25-10-6-8-12-27(25)31(29)18-21/h5-19,22-23H,3-4H2,1-2H3,(H2,35,36,37,38)/t22-,23+. The van der Waals surface area contributed by atoms with E-state index < -0.39 is 4.92 Å². The van der Waals surface area contributed by atoms with E-state index in [1.807, 2.05) is 24.3 Å². The number of nitrogens with one attached hydrogen (secondary N) is 2. The molecule has 0 radical (unpaired) electrons. The summed E-state index contributed by atoms with van der Waals surface area (Å²) in [4.78, 5) is 20.4. The lowest BCUT2D eigenvalue weighted by atomic mass is 9.94. The predicted molar refractivity (Wildman–Crippen MR) is 163 cm³/mol. The van der Waals surface area contributed by atoms with Crippen molar-refractivity contribution in [3.8, 4) is 22.3 Å².